The topological polar surface area (TPSA) is 93.0 Å². The predicted molar refractivity (Wildman–Crippen MR) is 101 cm³/mol. The van der Waals surface area contributed by atoms with Gasteiger partial charge >= 0.3 is 0 Å². The number of aromatic nitrogens is 4. The number of benzene rings is 1. The number of nitrogens with one attached hydrogen (secondary N) is 1. The number of amides is 2. The van der Waals surface area contributed by atoms with Gasteiger partial charge in [0.15, 0.2) is 5.69 Å². The minimum atomic E-state index is -0.328. The van der Waals surface area contributed by atoms with Crippen LogP contribution in [0.3, 0.4) is 0 Å². The molecule has 10 heteroatoms. The lowest BCUT2D eigenvalue weighted by molar-refractivity contribution is -0.121. The highest BCUT2D eigenvalue weighted by Crippen LogP contribution is 2.21. The van der Waals surface area contributed by atoms with E-state index in [9.17, 15) is 14.0 Å². The molecule has 28 heavy (non-hydrogen) atoms. The molecule has 1 fully saturated rings. The van der Waals surface area contributed by atoms with Crippen molar-refractivity contribution in [1.29, 1.82) is 0 Å². The van der Waals surface area contributed by atoms with Crippen LogP contribution < -0.4 is 5.32 Å². The zero-order valence-electron chi connectivity index (χ0n) is 14.8. The van der Waals surface area contributed by atoms with E-state index in [1.807, 2.05) is 0 Å². The van der Waals surface area contributed by atoms with Gasteiger partial charge in [0.25, 0.3) is 5.91 Å². The van der Waals surface area contributed by atoms with Crippen LogP contribution in [0.1, 0.15) is 23.3 Å². The van der Waals surface area contributed by atoms with Gasteiger partial charge in [-0.2, -0.15) is 5.10 Å². The summed E-state index contributed by atoms with van der Waals surface area (Å²) in [4.78, 5) is 26.7. The number of halogens is 1. The van der Waals surface area contributed by atoms with E-state index in [4.69, 9.17) is 0 Å². The summed E-state index contributed by atoms with van der Waals surface area (Å²) in [6.45, 7) is 0.965. The smallest absolute Gasteiger partial charge is 0.274 e. The Balaban J connectivity index is 1.35. The third-order valence-electron chi connectivity index (χ3n) is 4.64. The van der Waals surface area contributed by atoms with E-state index in [1.54, 1.807) is 34.8 Å². The van der Waals surface area contributed by atoms with E-state index in [0.717, 1.165) is 0 Å². The molecule has 0 atom stereocenters. The maximum atomic E-state index is 13.0. The van der Waals surface area contributed by atoms with Gasteiger partial charge in [-0.25, -0.2) is 9.07 Å². The summed E-state index contributed by atoms with van der Waals surface area (Å²) in [6.07, 6.45) is 2.83. The van der Waals surface area contributed by atoms with Crippen molar-refractivity contribution in [2.45, 2.75) is 12.8 Å². The van der Waals surface area contributed by atoms with Crippen LogP contribution in [0.25, 0.3) is 5.69 Å². The number of nitrogens with zero attached hydrogens (tertiary/aromatic N) is 5. The van der Waals surface area contributed by atoms with Crippen molar-refractivity contribution in [3.63, 3.8) is 0 Å². The molecule has 1 aromatic carbocycles. The first kappa shape index (κ1) is 18.2. The van der Waals surface area contributed by atoms with Gasteiger partial charge in [-0.15, -0.1) is 10.2 Å². The normalized spacial score (nSPS) is 14.8. The Hall–Kier alpha value is -3.14. The Morgan fingerprint density at radius 2 is 1.89 bits per heavy atom. The van der Waals surface area contributed by atoms with Crippen LogP contribution in [-0.2, 0) is 4.79 Å². The lowest BCUT2D eigenvalue weighted by Gasteiger charge is -2.30. The van der Waals surface area contributed by atoms with Gasteiger partial charge in [0.05, 0.1) is 5.69 Å². The molecular weight excluding hydrogens is 383 g/mol. The van der Waals surface area contributed by atoms with Crippen molar-refractivity contribution in [2.24, 2.45) is 5.92 Å². The highest BCUT2D eigenvalue weighted by atomic mass is 32.1. The van der Waals surface area contributed by atoms with Crippen LogP contribution in [0, 0.1) is 11.7 Å². The largest absolute Gasteiger partial charge is 0.337 e. The van der Waals surface area contributed by atoms with Crippen LogP contribution in [-0.4, -0.2) is 49.8 Å². The summed E-state index contributed by atoms with van der Waals surface area (Å²) in [5.41, 5.74) is 2.55. The zero-order chi connectivity index (χ0) is 19.5. The van der Waals surface area contributed by atoms with Crippen LogP contribution in [0.15, 0.2) is 42.0 Å². The summed E-state index contributed by atoms with van der Waals surface area (Å²) < 4.78 is 14.6. The summed E-state index contributed by atoms with van der Waals surface area (Å²) in [7, 11) is 0. The van der Waals surface area contributed by atoms with Crippen molar-refractivity contribution in [3.05, 3.63) is 53.6 Å². The molecule has 1 N–H and O–H groups in total. The molecular formula is C18H17FN6O2S. The van der Waals surface area contributed by atoms with Crippen molar-refractivity contribution < 1.29 is 14.0 Å². The molecule has 4 rings (SSSR count). The lowest BCUT2D eigenvalue weighted by atomic mass is 9.96. The fraction of sp³-hybridized carbons (Fsp3) is 0.278. The first-order valence-corrected chi connectivity index (χ1v) is 9.66. The van der Waals surface area contributed by atoms with Crippen LogP contribution in [0.5, 0.6) is 0 Å². The molecule has 0 saturated carbocycles. The average Bonchev–Trinajstić information content (AvgIpc) is 3.40. The predicted octanol–water partition coefficient (Wildman–Crippen LogP) is 2.35. The van der Waals surface area contributed by atoms with Gasteiger partial charge in [0.2, 0.25) is 11.0 Å². The van der Waals surface area contributed by atoms with Gasteiger partial charge in [0, 0.05) is 25.2 Å². The summed E-state index contributed by atoms with van der Waals surface area (Å²) in [6, 6.07) is 7.52. The number of hydrogen-bond donors (Lipinski definition) is 1. The Bertz CT molecular complexity index is 964. The molecule has 0 aliphatic carbocycles. The van der Waals surface area contributed by atoms with Gasteiger partial charge in [-0.1, -0.05) is 11.3 Å². The summed E-state index contributed by atoms with van der Waals surface area (Å²) in [5.74, 6) is -0.761. The second-order valence-electron chi connectivity index (χ2n) is 6.42. The van der Waals surface area contributed by atoms with Gasteiger partial charge in [0.1, 0.15) is 11.3 Å². The SMILES string of the molecule is O=C(Nc1nncs1)C1CCN(C(=O)c2ccn(-c3ccc(F)cc3)n2)CC1. The number of carbonyl (C=O) groups is 2. The first-order chi connectivity index (χ1) is 13.6. The first-order valence-electron chi connectivity index (χ1n) is 8.78. The monoisotopic (exact) mass is 400 g/mol. The molecule has 1 saturated heterocycles. The Kier molecular flexibility index (Phi) is 5.11. The fourth-order valence-corrected chi connectivity index (χ4v) is 3.57. The molecule has 8 nitrogen and oxygen atoms in total. The molecule has 2 aromatic heterocycles. The minimum absolute atomic E-state index is 0.0931. The summed E-state index contributed by atoms with van der Waals surface area (Å²) >= 11 is 1.27. The Morgan fingerprint density at radius 1 is 1.14 bits per heavy atom. The van der Waals surface area contributed by atoms with Crippen molar-refractivity contribution >= 4 is 28.3 Å². The fourth-order valence-electron chi connectivity index (χ4n) is 3.12. The van der Waals surface area contributed by atoms with E-state index < -0.39 is 0 Å². The molecule has 0 spiro atoms. The maximum absolute atomic E-state index is 13.0. The molecule has 0 bridgehead atoms. The van der Waals surface area contributed by atoms with E-state index in [1.165, 1.54) is 28.2 Å². The Labute approximate surface area is 164 Å². The van der Waals surface area contributed by atoms with Crippen molar-refractivity contribution in [1.82, 2.24) is 24.9 Å². The van der Waals surface area contributed by atoms with Crippen molar-refractivity contribution in [2.75, 3.05) is 18.4 Å². The number of piperidine rings is 1. The van der Waals surface area contributed by atoms with E-state index in [-0.39, 0.29) is 23.5 Å². The number of hydrogen-bond acceptors (Lipinski definition) is 6. The van der Waals surface area contributed by atoms with Crippen LogP contribution in [0.4, 0.5) is 9.52 Å². The van der Waals surface area contributed by atoms with E-state index >= 15 is 0 Å². The second kappa shape index (κ2) is 7.85. The van der Waals surface area contributed by atoms with E-state index in [2.05, 4.69) is 20.6 Å². The zero-order valence-corrected chi connectivity index (χ0v) is 15.6. The molecule has 3 heterocycles. The number of carbonyl (C=O) groups excluding carboxylic acids is 2. The molecule has 0 unspecified atom stereocenters. The van der Waals surface area contributed by atoms with Crippen LogP contribution >= 0.6 is 11.3 Å². The molecule has 3 aromatic rings. The lowest BCUT2D eigenvalue weighted by Crippen LogP contribution is -2.41. The second-order valence-corrected chi connectivity index (χ2v) is 7.25. The van der Waals surface area contributed by atoms with Gasteiger partial charge in [-0.3, -0.25) is 9.59 Å². The average molecular weight is 400 g/mol. The van der Waals surface area contributed by atoms with Gasteiger partial charge < -0.3 is 10.2 Å². The third-order valence-corrected chi connectivity index (χ3v) is 5.25. The Morgan fingerprint density at radius 3 is 2.57 bits per heavy atom. The van der Waals surface area contributed by atoms with Crippen molar-refractivity contribution in [3.8, 4) is 5.69 Å². The summed E-state index contributed by atoms with van der Waals surface area (Å²) in [5, 5.41) is 15.0. The van der Waals surface area contributed by atoms with Gasteiger partial charge in [-0.05, 0) is 43.2 Å². The number of anilines is 1. The standard InChI is InChI=1S/C18H17FN6O2S/c19-13-1-3-14(4-2-13)25-10-7-15(23-25)17(27)24-8-5-12(6-9-24)16(26)21-18-22-20-11-28-18/h1-4,7,10-12H,5-6,8-9H2,(H,21,22,26). The quantitative estimate of drug-likeness (QED) is 0.726. The third kappa shape index (κ3) is 3.91. The molecule has 0 radical (unpaired) electrons. The number of rotatable bonds is 4. The highest BCUT2D eigenvalue weighted by Gasteiger charge is 2.29. The molecule has 1 aliphatic heterocycles. The molecule has 2 amide bonds. The highest BCUT2D eigenvalue weighted by molar-refractivity contribution is 7.13. The van der Waals surface area contributed by atoms with E-state index in [0.29, 0.717) is 42.4 Å². The maximum Gasteiger partial charge on any atom is 0.274 e. The minimum Gasteiger partial charge on any atom is -0.337 e. The molecule has 1 aliphatic rings. The van der Waals surface area contributed by atoms with Crippen LogP contribution in [0.2, 0.25) is 0 Å². The number of likely N-dealkylation sites (tertiary alicyclic amines) is 1. The molecule has 144 valence electrons.